The third kappa shape index (κ3) is 1.66. The van der Waals surface area contributed by atoms with Gasteiger partial charge in [-0.1, -0.05) is 0 Å². The van der Waals surface area contributed by atoms with E-state index in [-0.39, 0.29) is 11.7 Å². The molecule has 0 aromatic heterocycles. The summed E-state index contributed by atoms with van der Waals surface area (Å²) < 4.78 is 0. The number of carbonyl (C=O) groups excluding carboxylic acids is 2. The van der Waals surface area contributed by atoms with E-state index in [4.69, 9.17) is 0 Å². The molecule has 1 aromatic carbocycles. The molecule has 0 spiro atoms. The first kappa shape index (κ1) is 12.9. The molecule has 2 unspecified atom stereocenters. The van der Waals surface area contributed by atoms with Gasteiger partial charge in [-0.15, -0.1) is 0 Å². The van der Waals surface area contributed by atoms with Gasteiger partial charge in [0.2, 0.25) is 5.96 Å². The Bertz CT molecular complexity index is 686. The fraction of sp³-hybridized carbons (Fsp3) is 0.357. The van der Waals surface area contributed by atoms with Crippen LogP contribution in [0.15, 0.2) is 29.3 Å². The van der Waals surface area contributed by atoms with E-state index >= 15 is 0 Å². The number of imide groups is 1. The van der Waals surface area contributed by atoms with Crippen molar-refractivity contribution in [1.29, 1.82) is 0 Å². The van der Waals surface area contributed by atoms with Gasteiger partial charge in [-0.25, -0.2) is 9.79 Å². The number of nitrogens with one attached hydrogen (secondary N) is 1. The van der Waals surface area contributed by atoms with Crippen LogP contribution < -0.4 is 10.2 Å². The molecule has 2 atom stereocenters. The molecule has 114 valence electrons. The van der Waals surface area contributed by atoms with Gasteiger partial charge in [-0.3, -0.25) is 10.1 Å². The second kappa shape index (κ2) is 4.36. The Morgan fingerprint density at radius 1 is 1.23 bits per heavy atom. The van der Waals surface area contributed by atoms with Gasteiger partial charge < -0.3 is 19.8 Å². The van der Waals surface area contributed by atoms with Gasteiger partial charge in [-0.05, 0) is 24.3 Å². The number of fused-ring (bicyclic) bond motifs is 3. The van der Waals surface area contributed by atoms with E-state index in [1.165, 1.54) is 4.90 Å². The third-order valence-corrected chi connectivity index (χ3v) is 4.31. The van der Waals surface area contributed by atoms with Crippen molar-refractivity contribution in [3.05, 3.63) is 24.3 Å². The lowest BCUT2D eigenvalue weighted by molar-refractivity contribution is -0.126. The quantitative estimate of drug-likeness (QED) is 0.747. The summed E-state index contributed by atoms with van der Waals surface area (Å²) in [5, 5.41) is 11.8. The molecule has 22 heavy (non-hydrogen) atoms. The highest BCUT2D eigenvalue weighted by Gasteiger charge is 2.51. The number of urea groups is 1. The molecule has 0 bridgehead atoms. The van der Waals surface area contributed by atoms with Crippen LogP contribution in [0.4, 0.5) is 10.5 Å². The van der Waals surface area contributed by atoms with Crippen LogP contribution in [0.5, 0.6) is 5.75 Å². The number of aromatic hydroxyl groups is 1. The molecule has 0 aliphatic carbocycles. The van der Waals surface area contributed by atoms with Crippen molar-refractivity contribution in [2.45, 2.75) is 12.2 Å². The van der Waals surface area contributed by atoms with E-state index in [2.05, 4.69) is 10.3 Å². The molecule has 3 amide bonds. The fourth-order valence-corrected chi connectivity index (χ4v) is 3.16. The highest BCUT2D eigenvalue weighted by Crippen LogP contribution is 2.31. The molecule has 1 aromatic rings. The molecular weight excluding hydrogens is 286 g/mol. The number of amides is 3. The first-order chi connectivity index (χ1) is 10.6. The van der Waals surface area contributed by atoms with Crippen molar-refractivity contribution in [3.8, 4) is 5.75 Å². The summed E-state index contributed by atoms with van der Waals surface area (Å²) in [6.45, 7) is 1.37. The number of aliphatic imine (C=N–C) groups is 1. The smallest absolute Gasteiger partial charge is 0.325 e. The molecule has 3 aliphatic heterocycles. The minimum atomic E-state index is -0.490. The monoisotopic (exact) mass is 301 g/mol. The van der Waals surface area contributed by atoms with Crippen LogP contribution in [0.1, 0.15) is 0 Å². The van der Waals surface area contributed by atoms with Crippen LogP contribution in [0, 0.1) is 0 Å². The summed E-state index contributed by atoms with van der Waals surface area (Å²) in [6.07, 6.45) is -0.490. The van der Waals surface area contributed by atoms with Crippen molar-refractivity contribution in [3.63, 3.8) is 0 Å². The van der Waals surface area contributed by atoms with Crippen molar-refractivity contribution >= 4 is 23.6 Å². The van der Waals surface area contributed by atoms with Crippen LogP contribution in [0.3, 0.4) is 0 Å². The number of anilines is 1. The maximum atomic E-state index is 12.1. The Kier molecular flexibility index (Phi) is 2.56. The van der Waals surface area contributed by atoms with E-state index in [9.17, 15) is 14.7 Å². The van der Waals surface area contributed by atoms with Crippen LogP contribution >= 0.6 is 0 Å². The van der Waals surface area contributed by atoms with Gasteiger partial charge in [0.15, 0.2) is 12.2 Å². The van der Waals surface area contributed by atoms with E-state index in [1.54, 1.807) is 31.3 Å². The number of guanidine groups is 1. The molecule has 3 aliphatic rings. The van der Waals surface area contributed by atoms with Crippen molar-refractivity contribution in [2.75, 3.05) is 25.0 Å². The number of hydrogen-bond acceptors (Lipinski definition) is 6. The Morgan fingerprint density at radius 3 is 2.68 bits per heavy atom. The lowest BCUT2D eigenvalue weighted by Crippen LogP contribution is -2.63. The summed E-state index contributed by atoms with van der Waals surface area (Å²) >= 11 is 0. The van der Waals surface area contributed by atoms with E-state index < -0.39 is 18.2 Å². The predicted octanol–water partition coefficient (Wildman–Crippen LogP) is -0.240. The first-order valence-corrected chi connectivity index (χ1v) is 7.05. The highest BCUT2D eigenvalue weighted by atomic mass is 16.3. The molecule has 3 heterocycles. The second-order valence-electron chi connectivity index (χ2n) is 5.55. The standard InChI is InChI=1S/C14H15N5O3/c1-17-11-10(12(21)16-14(17)22)19-7-6-18(13(19)15-11)8-2-4-9(20)5-3-8/h2-5,10-11,20H,6-7H2,1H3,(H,16,21,22). The first-order valence-electron chi connectivity index (χ1n) is 7.05. The summed E-state index contributed by atoms with van der Waals surface area (Å²) in [6, 6.07) is 5.94. The topological polar surface area (TPSA) is 88.5 Å². The number of rotatable bonds is 1. The average molecular weight is 301 g/mol. The Balaban J connectivity index is 1.69. The van der Waals surface area contributed by atoms with E-state index in [0.29, 0.717) is 19.0 Å². The van der Waals surface area contributed by atoms with Gasteiger partial charge in [-0.2, -0.15) is 0 Å². The maximum Gasteiger partial charge on any atom is 0.325 e. The lowest BCUT2D eigenvalue weighted by Gasteiger charge is -2.34. The third-order valence-electron chi connectivity index (χ3n) is 4.31. The maximum absolute atomic E-state index is 12.1. The average Bonchev–Trinajstić information content (AvgIpc) is 3.05. The SMILES string of the molecule is CN1C(=O)NC(=O)C2C1N=C1N(c3ccc(O)cc3)CCN12. The number of carbonyl (C=O) groups is 2. The molecule has 8 nitrogen and oxygen atoms in total. The van der Waals surface area contributed by atoms with Crippen LogP contribution in [-0.4, -0.2) is 65.1 Å². The highest BCUT2D eigenvalue weighted by molar-refractivity contribution is 6.07. The fourth-order valence-electron chi connectivity index (χ4n) is 3.16. The number of phenols is 1. The van der Waals surface area contributed by atoms with Crippen molar-refractivity contribution in [2.24, 2.45) is 4.99 Å². The molecule has 0 radical (unpaired) electrons. The molecular formula is C14H15N5O3. The van der Waals surface area contributed by atoms with Gasteiger partial charge in [0.05, 0.1) is 0 Å². The molecule has 8 heteroatoms. The largest absolute Gasteiger partial charge is 0.508 e. The zero-order chi connectivity index (χ0) is 15.4. The van der Waals surface area contributed by atoms with E-state index in [0.717, 1.165) is 5.69 Å². The number of nitrogens with zero attached hydrogens (tertiary/aromatic N) is 4. The number of benzene rings is 1. The van der Waals surface area contributed by atoms with Crippen molar-refractivity contribution < 1.29 is 14.7 Å². The Labute approximate surface area is 126 Å². The Morgan fingerprint density at radius 2 is 1.95 bits per heavy atom. The summed E-state index contributed by atoms with van der Waals surface area (Å²) in [5.41, 5.74) is 0.895. The van der Waals surface area contributed by atoms with Crippen LogP contribution in [-0.2, 0) is 4.79 Å². The molecule has 2 N–H and O–H groups in total. The minimum Gasteiger partial charge on any atom is -0.508 e. The zero-order valence-electron chi connectivity index (χ0n) is 11.9. The van der Waals surface area contributed by atoms with Crippen LogP contribution in [0.2, 0.25) is 0 Å². The molecule has 0 saturated carbocycles. The molecule has 2 saturated heterocycles. The summed E-state index contributed by atoms with van der Waals surface area (Å²) in [4.78, 5) is 33.8. The minimum absolute atomic E-state index is 0.201. The normalized spacial score (nSPS) is 26.8. The van der Waals surface area contributed by atoms with Gasteiger partial charge in [0, 0.05) is 25.8 Å². The Hall–Kier alpha value is -2.77. The molecule has 2 fully saturated rings. The summed E-state index contributed by atoms with van der Waals surface area (Å²) in [7, 11) is 1.64. The number of phenolic OH excluding ortho intramolecular Hbond substituents is 1. The predicted molar refractivity (Wildman–Crippen MR) is 78.5 cm³/mol. The number of likely N-dealkylation sites (N-methyl/N-ethyl adjacent to an activating group) is 1. The van der Waals surface area contributed by atoms with Gasteiger partial charge in [0.25, 0.3) is 5.91 Å². The molecule has 4 rings (SSSR count). The van der Waals surface area contributed by atoms with Crippen molar-refractivity contribution in [1.82, 2.24) is 15.1 Å². The summed E-state index contributed by atoms with van der Waals surface area (Å²) in [5.74, 6) is 0.586. The van der Waals surface area contributed by atoms with Crippen LogP contribution in [0.25, 0.3) is 0 Å². The van der Waals surface area contributed by atoms with Gasteiger partial charge in [0.1, 0.15) is 5.75 Å². The lowest BCUT2D eigenvalue weighted by atomic mass is 10.1. The zero-order valence-corrected chi connectivity index (χ0v) is 11.9. The van der Waals surface area contributed by atoms with E-state index in [1.807, 2.05) is 9.80 Å². The second-order valence-corrected chi connectivity index (χ2v) is 5.55. The number of hydrogen-bond donors (Lipinski definition) is 2. The van der Waals surface area contributed by atoms with Gasteiger partial charge >= 0.3 is 6.03 Å².